The van der Waals surface area contributed by atoms with E-state index in [1.165, 1.54) is 0 Å². The van der Waals surface area contributed by atoms with Gasteiger partial charge >= 0.3 is 0 Å². The normalized spacial score (nSPS) is 22.4. The van der Waals surface area contributed by atoms with Crippen LogP contribution in [0.1, 0.15) is 32.6 Å². The fourth-order valence-electron chi connectivity index (χ4n) is 1.23. The van der Waals surface area contributed by atoms with Gasteiger partial charge in [-0.3, -0.25) is 0 Å². The molecule has 11 heavy (non-hydrogen) atoms. The molecule has 1 aliphatic rings. The van der Waals surface area contributed by atoms with Crippen LogP contribution in [0.15, 0.2) is 11.6 Å². The first-order chi connectivity index (χ1) is 5.34. The molecule has 0 radical (unpaired) electrons. The molecule has 0 spiro atoms. The second-order valence-corrected chi connectivity index (χ2v) is 2.76. The standard InChI is InChI=1S/C10H14O/c1-2-3-4-6-9-7-5-8-10(9)11/h7,10-11H,2,5-6,8H2,1H3. The summed E-state index contributed by atoms with van der Waals surface area (Å²) in [5, 5.41) is 9.35. The van der Waals surface area contributed by atoms with E-state index in [1.807, 2.05) is 6.92 Å². The van der Waals surface area contributed by atoms with Crippen LogP contribution in [-0.4, -0.2) is 11.2 Å². The highest BCUT2D eigenvalue weighted by Crippen LogP contribution is 2.20. The lowest BCUT2D eigenvalue weighted by Gasteiger charge is -2.02. The Labute approximate surface area is 68.1 Å². The number of allylic oxidation sites excluding steroid dienone is 1. The first kappa shape index (κ1) is 8.36. The van der Waals surface area contributed by atoms with Gasteiger partial charge in [0.25, 0.3) is 0 Å². The number of aliphatic hydroxyl groups excluding tert-OH is 1. The van der Waals surface area contributed by atoms with Crippen LogP contribution in [0.3, 0.4) is 0 Å². The van der Waals surface area contributed by atoms with Gasteiger partial charge in [0.05, 0.1) is 6.10 Å². The molecule has 0 aromatic heterocycles. The fraction of sp³-hybridized carbons (Fsp3) is 0.600. The number of aliphatic hydroxyl groups is 1. The van der Waals surface area contributed by atoms with Gasteiger partial charge in [-0.1, -0.05) is 18.9 Å². The second kappa shape index (κ2) is 4.20. The maximum absolute atomic E-state index is 9.35. The van der Waals surface area contributed by atoms with Crippen LogP contribution >= 0.6 is 0 Å². The summed E-state index contributed by atoms with van der Waals surface area (Å²) in [6, 6.07) is 0. The van der Waals surface area contributed by atoms with Crippen molar-refractivity contribution in [3.05, 3.63) is 11.6 Å². The van der Waals surface area contributed by atoms with Crippen LogP contribution < -0.4 is 0 Å². The highest BCUT2D eigenvalue weighted by Gasteiger charge is 2.13. The third-order valence-corrected chi connectivity index (χ3v) is 1.87. The van der Waals surface area contributed by atoms with Crippen LogP contribution in [0.4, 0.5) is 0 Å². The Morgan fingerprint density at radius 1 is 1.64 bits per heavy atom. The maximum atomic E-state index is 9.35. The number of hydrogen-bond donors (Lipinski definition) is 1. The highest BCUT2D eigenvalue weighted by molar-refractivity contribution is 5.20. The summed E-state index contributed by atoms with van der Waals surface area (Å²) in [7, 11) is 0. The van der Waals surface area contributed by atoms with Crippen molar-refractivity contribution in [2.45, 2.75) is 38.7 Å². The molecule has 0 aromatic carbocycles. The summed E-state index contributed by atoms with van der Waals surface area (Å²) in [5.41, 5.74) is 1.12. The molecule has 0 heterocycles. The zero-order chi connectivity index (χ0) is 8.10. The Bertz CT molecular complexity index is 205. The van der Waals surface area contributed by atoms with E-state index in [9.17, 15) is 5.11 Å². The van der Waals surface area contributed by atoms with Gasteiger partial charge in [0.2, 0.25) is 0 Å². The molecule has 0 saturated carbocycles. The van der Waals surface area contributed by atoms with Gasteiger partial charge < -0.3 is 5.11 Å². The molecular weight excluding hydrogens is 136 g/mol. The molecule has 1 rings (SSSR count). The third kappa shape index (κ3) is 2.40. The van der Waals surface area contributed by atoms with E-state index in [-0.39, 0.29) is 6.10 Å². The maximum Gasteiger partial charge on any atom is 0.0762 e. The Kier molecular flexibility index (Phi) is 3.19. The summed E-state index contributed by atoms with van der Waals surface area (Å²) in [4.78, 5) is 0. The molecule has 1 N–H and O–H groups in total. The molecule has 1 aliphatic carbocycles. The molecular formula is C10H14O. The lowest BCUT2D eigenvalue weighted by atomic mass is 10.1. The van der Waals surface area contributed by atoms with Gasteiger partial charge in [-0.2, -0.15) is 0 Å². The zero-order valence-electron chi connectivity index (χ0n) is 6.93. The van der Waals surface area contributed by atoms with Gasteiger partial charge in [-0.05, 0) is 18.4 Å². The van der Waals surface area contributed by atoms with Crippen LogP contribution in [0, 0.1) is 11.8 Å². The zero-order valence-corrected chi connectivity index (χ0v) is 6.93. The molecule has 0 aliphatic heterocycles. The predicted octanol–water partition coefficient (Wildman–Crippen LogP) is 1.87. The lowest BCUT2D eigenvalue weighted by molar-refractivity contribution is 0.210. The minimum atomic E-state index is -0.207. The van der Waals surface area contributed by atoms with Crippen molar-refractivity contribution in [3.8, 4) is 11.8 Å². The average molecular weight is 150 g/mol. The topological polar surface area (TPSA) is 20.2 Å². The van der Waals surface area contributed by atoms with Crippen LogP contribution in [0.2, 0.25) is 0 Å². The smallest absolute Gasteiger partial charge is 0.0762 e. The summed E-state index contributed by atoms with van der Waals surface area (Å²) in [5.74, 6) is 6.02. The van der Waals surface area contributed by atoms with E-state index in [0.29, 0.717) is 0 Å². The van der Waals surface area contributed by atoms with Gasteiger partial charge in [0.1, 0.15) is 0 Å². The Balaban J connectivity index is 2.37. The van der Waals surface area contributed by atoms with Crippen molar-refractivity contribution < 1.29 is 5.11 Å². The molecule has 60 valence electrons. The minimum Gasteiger partial charge on any atom is -0.389 e. The molecule has 0 aromatic rings. The largest absolute Gasteiger partial charge is 0.389 e. The highest BCUT2D eigenvalue weighted by atomic mass is 16.3. The lowest BCUT2D eigenvalue weighted by Crippen LogP contribution is -2.03. The number of hydrogen-bond acceptors (Lipinski definition) is 1. The van der Waals surface area contributed by atoms with Crippen LogP contribution in [0.25, 0.3) is 0 Å². The molecule has 0 saturated heterocycles. The molecule has 1 atom stereocenters. The molecule has 0 amide bonds. The van der Waals surface area contributed by atoms with Crippen molar-refractivity contribution in [2.24, 2.45) is 0 Å². The first-order valence-corrected chi connectivity index (χ1v) is 4.17. The Morgan fingerprint density at radius 3 is 3.00 bits per heavy atom. The van der Waals surface area contributed by atoms with Gasteiger partial charge in [-0.15, -0.1) is 5.92 Å². The summed E-state index contributed by atoms with van der Waals surface area (Å²) in [6.45, 7) is 2.03. The Hall–Kier alpha value is -0.740. The van der Waals surface area contributed by atoms with E-state index >= 15 is 0 Å². The fourth-order valence-corrected chi connectivity index (χ4v) is 1.23. The van der Waals surface area contributed by atoms with Gasteiger partial charge in [0.15, 0.2) is 0 Å². The molecule has 1 unspecified atom stereocenters. The van der Waals surface area contributed by atoms with Crippen LogP contribution in [0.5, 0.6) is 0 Å². The first-order valence-electron chi connectivity index (χ1n) is 4.17. The monoisotopic (exact) mass is 150 g/mol. The van der Waals surface area contributed by atoms with E-state index < -0.39 is 0 Å². The molecule has 0 bridgehead atoms. The van der Waals surface area contributed by atoms with E-state index in [4.69, 9.17) is 0 Å². The SMILES string of the molecule is CCC#CCC1=CCCC1O. The Morgan fingerprint density at radius 2 is 2.45 bits per heavy atom. The van der Waals surface area contributed by atoms with Crippen molar-refractivity contribution in [1.82, 2.24) is 0 Å². The van der Waals surface area contributed by atoms with Crippen molar-refractivity contribution in [2.75, 3.05) is 0 Å². The third-order valence-electron chi connectivity index (χ3n) is 1.87. The van der Waals surface area contributed by atoms with E-state index in [2.05, 4.69) is 17.9 Å². The van der Waals surface area contributed by atoms with E-state index in [0.717, 1.165) is 31.3 Å². The number of rotatable bonds is 1. The van der Waals surface area contributed by atoms with Crippen molar-refractivity contribution in [1.29, 1.82) is 0 Å². The average Bonchev–Trinajstić information content (AvgIpc) is 2.37. The summed E-state index contributed by atoms with van der Waals surface area (Å²) < 4.78 is 0. The quantitative estimate of drug-likeness (QED) is 0.447. The molecule has 0 fully saturated rings. The molecule has 1 heteroatoms. The second-order valence-electron chi connectivity index (χ2n) is 2.76. The van der Waals surface area contributed by atoms with Crippen molar-refractivity contribution >= 4 is 0 Å². The van der Waals surface area contributed by atoms with Gasteiger partial charge in [0, 0.05) is 12.8 Å². The summed E-state index contributed by atoms with van der Waals surface area (Å²) in [6.07, 6.45) is 5.47. The predicted molar refractivity (Wildman–Crippen MR) is 46.0 cm³/mol. The molecule has 1 nitrogen and oxygen atoms in total. The minimum absolute atomic E-state index is 0.207. The van der Waals surface area contributed by atoms with Crippen molar-refractivity contribution in [3.63, 3.8) is 0 Å². The van der Waals surface area contributed by atoms with E-state index in [1.54, 1.807) is 0 Å². The van der Waals surface area contributed by atoms with Gasteiger partial charge in [-0.25, -0.2) is 0 Å². The van der Waals surface area contributed by atoms with Crippen LogP contribution in [-0.2, 0) is 0 Å². The summed E-state index contributed by atoms with van der Waals surface area (Å²) >= 11 is 0.